The van der Waals surface area contributed by atoms with Crippen LogP contribution in [0.5, 0.6) is 0 Å². The zero-order chi connectivity index (χ0) is 20.1. The van der Waals surface area contributed by atoms with Crippen molar-refractivity contribution in [2.75, 3.05) is 32.1 Å². The van der Waals surface area contributed by atoms with Crippen LogP contribution in [0.3, 0.4) is 0 Å². The van der Waals surface area contributed by atoms with Crippen LogP contribution in [0.2, 0.25) is 0 Å². The summed E-state index contributed by atoms with van der Waals surface area (Å²) in [6.07, 6.45) is 1.93. The molecule has 5 nitrogen and oxygen atoms in total. The fourth-order valence-corrected chi connectivity index (χ4v) is 4.07. The van der Waals surface area contributed by atoms with Gasteiger partial charge in [0.1, 0.15) is 0 Å². The second-order valence-electron chi connectivity index (χ2n) is 6.57. The third-order valence-corrected chi connectivity index (χ3v) is 5.45. The van der Waals surface area contributed by atoms with Gasteiger partial charge < -0.3 is 4.90 Å². The van der Waals surface area contributed by atoms with Gasteiger partial charge in [0.25, 0.3) is 5.91 Å². The number of anilines is 1. The zero-order valence-corrected chi connectivity index (χ0v) is 17.6. The molecule has 1 aliphatic rings. The smallest absolute Gasteiger partial charge is 0.281 e. The number of nitrogens with zero attached hydrogens (tertiary/aromatic N) is 4. The average molecular weight is 395 g/mol. The van der Waals surface area contributed by atoms with E-state index in [4.69, 9.17) is 0 Å². The van der Waals surface area contributed by atoms with E-state index in [1.807, 2.05) is 50.5 Å². The summed E-state index contributed by atoms with van der Waals surface area (Å²) in [5.41, 5.74) is 3.03. The molecule has 0 spiro atoms. The Bertz CT molecular complexity index is 871. The molecule has 1 fully saturated rings. The van der Waals surface area contributed by atoms with Gasteiger partial charge in [0.05, 0.1) is 10.6 Å². The quantitative estimate of drug-likeness (QED) is 0.671. The Hall–Kier alpha value is -2.57. The molecule has 1 heterocycles. The molecule has 0 atom stereocenters. The van der Waals surface area contributed by atoms with Gasteiger partial charge in [-0.2, -0.15) is 0 Å². The first-order chi connectivity index (χ1) is 13.5. The van der Waals surface area contributed by atoms with Gasteiger partial charge in [-0.1, -0.05) is 30.3 Å². The van der Waals surface area contributed by atoms with Gasteiger partial charge in [-0.3, -0.25) is 4.79 Å². The van der Waals surface area contributed by atoms with E-state index < -0.39 is 0 Å². The maximum atomic E-state index is 12.9. The van der Waals surface area contributed by atoms with E-state index in [1.165, 1.54) is 17.4 Å². The van der Waals surface area contributed by atoms with Crippen LogP contribution in [0, 0.1) is 0 Å². The maximum absolute atomic E-state index is 12.9. The van der Waals surface area contributed by atoms with Gasteiger partial charge in [0.15, 0.2) is 5.17 Å². The first-order valence-corrected chi connectivity index (χ1v) is 10.2. The summed E-state index contributed by atoms with van der Waals surface area (Å²) in [5.74, 6) is -0.0579. The highest BCUT2D eigenvalue weighted by molar-refractivity contribution is 8.18. The monoisotopic (exact) mass is 394 g/mol. The summed E-state index contributed by atoms with van der Waals surface area (Å²) in [5, 5.41) is 4.03. The van der Waals surface area contributed by atoms with Gasteiger partial charge in [-0.15, -0.1) is 0 Å². The predicted octanol–water partition coefficient (Wildman–Crippen LogP) is 4.61. The Morgan fingerprint density at radius 1 is 1.00 bits per heavy atom. The second kappa shape index (κ2) is 9.08. The van der Waals surface area contributed by atoms with E-state index >= 15 is 0 Å². The number of carbonyl (C=O) groups excluding carboxylic acids is 1. The fraction of sp³-hybridized carbons (Fsp3) is 0.273. The Kier molecular flexibility index (Phi) is 6.54. The standard InChI is InChI=1S/C22H26N4OS/c1-5-25(6-2)19-14-12-17(13-15-19)16-20-21(27)26(24(3)4)22(28-20)23-18-10-8-7-9-11-18/h7-16H,5-6H2,1-4H3/b20-16-,23-22?. The minimum atomic E-state index is -0.0579. The molecule has 3 rings (SSSR count). The Balaban J connectivity index is 1.88. The van der Waals surface area contributed by atoms with E-state index in [0.29, 0.717) is 10.1 Å². The summed E-state index contributed by atoms with van der Waals surface area (Å²) < 4.78 is 0. The molecule has 0 unspecified atom stereocenters. The molecule has 1 aliphatic heterocycles. The molecule has 146 valence electrons. The largest absolute Gasteiger partial charge is 0.372 e. The minimum Gasteiger partial charge on any atom is -0.372 e. The molecule has 0 radical (unpaired) electrons. The molecular weight excluding hydrogens is 368 g/mol. The van der Waals surface area contributed by atoms with Gasteiger partial charge in [-0.25, -0.2) is 15.0 Å². The number of rotatable bonds is 6. The second-order valence-corrected chi connectivity index (χ2v) is 7.58. The Morgan fingerprint density at radius 3 is 2.21 bits per heavy atom. The first-order valence-electron chi connectivity index (χ1n) is 9.43. The van der Waals surface area contributed by atoms with Crippen LogP contribution in [0.4, 0.5) is 11.4 Å². The van der Waals surface area contributed by atoms with E-state index in [1.54, 1.807) is 10.0 Å². The van der Waals surface area contributed by atoms with Crippen LogP contribution < -0.4 is 4.90 Å². The molecule has 0 N–H and O–H groups in total. The lowest BCUT2D eigenvalue weighted by atomic mass is 10.1. The molecule has 2 aromatic rings. The molecule has 28 heavy (non-hydrogen) atoms. The highest BCUT2D eigenvalue weighted by Crippen LogP contribution is 2.34. The summed E-state index contributed by atoms with van der Waals surface area (Å²) in [4.78, 5) is 20.5. The topological polar surface area (TPSA) is 39.1 Å². The average Bonchev–Trinajstić information content (AvgIpc) is 3.00. The highest BCUT2D eigenvalue weighted by atomic mass is 32.2. The van der Waals surface area contributed by atoms with Crippen molar-refractivity contribution in [3.8, 4) is 0 Å². The van der Waals surface area contributed by atoms with Gasteiger partial charge >= 0.3 is 0 Å². The summed E-state index contributed by atoms with van der Waals surface area (Å²) >= 11 is 1.40. The van der Waals surface area contributed by atoms with E-state index in [-0.39, 0.29) is 5.91 Å². The SMILES string of the molecule is CCN(CC)c1ccc(/C=C2\SC(=Nc3ccccc3)N(N(C)C)C2=O)cc1. The first kappa shape index (κ1) is 20.2. The van der Waals surface area contributed by atoms with E-state index in [2.05, 4.69) is 48.0 Å². The number of aliphatic imine (C=N–C) groups is 1. The van der Waals surface area contributed by atoms with Crippen molar-refractivity contribution in [2.24, 2.45) is 4.99 Å². The number of carbonyl (C=O) groups is 1. The normalized spacial score (nSPS) is 17.2. The number of benzene rings is 2. The van der Waals surface area contributed by atoms with Crippen molar-refractivity contribution in [3.63, 3.8) is 0 Å². The Morgan fingerprint density at radius 2 is 1.64 bits per heavy atom. The molecule has 1 amide bonds. The van der Waals surface area contributed by atoms with Crippen molar-refractivity contribution < 1.29 is 4.79 Å². The lowest BCUT2D eigenvalue weighted by molar-refractivity contribution is -0.130. The van der Waals surface area contributed by atoms with Crippen LogP contribution in [0.25, 0.3) is 6.08 Å². The third kappa shape index (κ3) is 4.46. The minimum absolute atomic E-state index is 0.0579. The maximum Gasteiger partial charge on any atom is 0.281 e. The van der Waals surface area contributed by atoms with Gasteiger partial charge in [-0.05, 0) is 61.5 Å². The number of para-hydroxylation sites is 1. The number of amides is 1. The van der Waals surface area contributed by atoms with Crippen molar-refractivity contribution in [1.82, 2.24) is 10.0 Å². The van der Waals surface area contributed by atoms with Gasteiger partial charge in [0.2, 0.25) is 0 Å². The van der Waals surface area contributed by atoms with Crippen LogP contribution in [-0.4, -0.2) is 48.3 Å². The molecular formula is C22H26N4OS. The lowest BCUT2D eigenvalue weighted by Crippen LogP contribution is -2.40. The molecule has 6 heteroatoms. The van der Waals surface area contributed by atoms with Crippen LogP contribution in [0.1, 0.15) is 19.4 Å². The zero-order valence-electron chi connectivity index (χ0n) is 16.8. The van der Waals surface area contributed by atoms with Gasteiger partial charge in [0, 0.05) is 32.9 Å². The van der Waals surface area contributed by atoms with Crippen molar-refractivity contribution in [2.45, 2.75) is 13.8 Å². The van der Waals surface area contributed by atoms with Crippen molar-refractivity contribution in [1.29, 1.82) is 0 Å². The molecule has 0 saturated carbocycles. The molecule has 0 aromatic heterocycles. The third-order valence-electron chi connectivity index (χ3n) is 4.49. The summed E-state index contributed by atoms with van der Waals surface area (Å²) in [6, 6.07) is 18.0. The number of amidine groups is 1. The highest BCUT2D eigenvalue weighted by Gasteiger charge is 2.35. The van der Waals surface area contributed by atoms with Crippen LogP contribution >= 0.6 is 11.8 Å². The number of thioether (sulfide) groups is 1. The number of hydrazine groups is 1. The summed E-state index contributed by atoms with van der Waals surface area (Å²) in [6.45, 7) is 6.25. The van der Waals surface area contributed by atoms with E-state index in [9.17, 15) is 4.79 Å². The van der Waals surface area contributed by atoms with E-state index in [0.717, 1.165) is 24.3 Å². The summed E-state index contributed by atoms with van der Waals surface area (Å²) in [7, 11) is 3.70. The van der Waals surface area contributed by atoms with Crippen molar-refractivity contribution >= 4 is 40.3 Å². The molecule has 2 aromatic carbocycles. The fourth-order valence-electron chi connectivity index (χ4n) is 3.03. The van der Waals surface area contributed by atoms with Crippen LogP contribution in [-0.2, 0) is 4.79 Å². The Labute approximate surface area is 171 Å². The molecule has 0 aliphatic carbocycles. The molecule has 0 bridgehead atoms. The van der Waals surface area contributed by atoms with Crippen molar-refractivity contribution in [3.05, 3.63) is 65.1 Å². The number of hydrogen-bond acceptors (Lipinski definition) is 5. The number of hydrogen-bond donors (Lipinski definition) is 0. The van der Waals surface area contributed by atoms with Crippen LogP contribution in [0.15, 0.2) is 64.5 Å². The predicted molar refractivity (Wildman–Crippen MR) is 120 cm³/mol. The molecule has 1 saturated heterocycles. The lowest BCUT2D eigenvalue weighted by Gasteiger charge is -2.22.